The largest absolute Gasteiger partial charge is 0.349 e. The van der Waals surface area contributed by atoms with Gasteiger partial charge in [0.1, 0.15) is 5.82 Å². The molecule has 1 saturated heterocycles. The van der Waals surface area contributed by atoms with Gasteiger partial charge >= 0.3 is 0 Å². The summed E-state index contributed by atoms with van der Waals surface area (Å²) in [6.45, 7) is 3.68. The monoisotopic (exact) mass is 268 g/mol. The van der Waals surface area contributed by atoms with Crippen LogP contribution in [0, 0.1) is 6.92 Å². The van der Waals surface area contributed by atoms with Crippen molar-refractivity contribution >= 4 is 5.82 Å². The van der Waals surface area contributed by atoms with Crippen molar-refractivity contribution in [2.24, 2.45) is 5.73 Å². The third kappa shape index (κ3) is 2.27. The van der Waals surface area contributed by atoms with Crippen molar-refractivity contribution in [2.45, 2.75) is 32.4 Å². The van der Waals surface area contributed by atoms with Gasteiger partial charge in [0.05, 0.1) is 6.04 Å². The molecule has 3 heterocycles. The Bertz CT molecular complexity index is 582. The molecular weight excluding hydrogens is 248 g/mol. The predicted molar refractivity (Wildman–Crippen MR) is 80.4 cm³/mol. The molecule has 1 unspecified atom stereocenters. The normalized spacial score (nSPS) is 18.5. The Morgan fingerprint density at radius 1 is 1.25 bits per heavy atom. The summed E-state index contributed by atoms with van der Waals surface area (Å²) in [6, 6.07) is 6.61. The molecule has 20 heavy (non-hydrogen) atoms. The molecule has 1 aliphatic heterocycles. The molecule has 0 amide bonds. The second-order valence-corrected chi connectivity index (χ2v) is 5.27. The average Bonchev–Trinajstić information content (AvgIpc) is 2.97. The number of hydrogen-bond acceptors (Lipinski definition) is 4. The van der Waals surface area contributed by atoms with Crippen LogP contribution in [0.4, 0.5) is 5.82 Å². The van der Waals surface area contributed by atoms with Crippen LogP contribution in [0.15, 0.2) is 36.8 Å². The third-order valence-corrected chi connectivity index (χ3v) is 4.09. The quantitative estimate of drug-likeness (QED) is 0.929. The summed E-state index contributed by atoms with van der Waals surface area (Å²) in [6.07, 6.45) is 7.95. The first-order valence-corrected chi connectivity index (χ1v) is 7.12. The van der Waals surface area contributed by atoms with E-state index in [4.69, 9.17) is 5.73 Å². The van der Waals surface area contributed by atoms with Gasteiger partial charge in [0, 0.05) is 37.2 Å². The molecule has 0 spiro atoms. The molecule has 0 bridgehead atoms. The molecule has 2 aromatic heterocycles. The molecule has 4 heteroatoms. The maximum Gasteiger partial charge on any atom is 0.133 e. The third-order valence-electron chi connectivity index (χ3n) is 4.09. The molecule has 0 radical (unpaired) electrons. The zero-order valence-corrected chi connectivity index (χ0v) is 11.8. The predicted octanol–water partition coefficient (Wildman–Crippen LogP) is 2.59. The van der Waals surface area contributed by atoms with Crippen LogP contribution in [0.3, 0.4) is 0 Å². The van der Waals surface area contributed by atoms with E-state index in [2.05, 4.69) is 33.9 Å². The van der Waals surface area contributed by atoms with Crippen LogP contribution in [0.2, 0.25) is 0 Å². The molecular formula is C16H20N4. The summed E-state index contributed by atoms with van der Waals surface area (Å²) in [7, 11) is 0. The maximum absolute atomic E-state index is 5.93. The highest BCUT2D eigenvalue weighted by Crippen LogP contribution is 2.36. The van der Waals surface area contributed by atoms with Gasteiger partial charge in [-0.3, -0.25) is 4.98 Å². The highest BCUT2D eigenvalue weighted by Gasteiger charge is 2.28. The van der Waals surface area contributed by atoms with Crippen LogP contribution in [0.1, 0.15) is 35.6 Å². The number of nitrogens with zero attached hydrogens (tertiary/aromatic N) is 3. The molecule has 0 aromatic carbocycles. The molecule has 2 N–H and O–H groups in total. The van der Waals surface area contributed by atoms with Crippen LogP contribution in [-0.2, 0) is 6.54 Å². The van der Waals surface area contributed by atoms with E-state index in [0.717, 1.165) is 24.3 Å². The molecule has 1 atom stereocenters. The minimum absolute atomic E-state index is 0.387. The first-order valence-electron chi connectivity index (χ1n) is 7.12. The van der Waals surface area contributed by atoms with Crippen molar-refractivity contribution in [1.82, 2.24) is 9.97 Å². The van der Waals surface area contributed by atoms with Crippen LogP contribution in [-0.4, -0.2) is 16.5 Å². The van der Waals surface area contributed by atoms with Crippen molar-refractivity contribution in [3.05, 3.63) is 53.5 Å². The summed E-state index contributed by atoms with van der Waals surface area (Å²) in [5.74, 6) is 1.05. The Kier molecular flexibility index (Phi) is 3.65. The lowest BCUT2D eigenvalue weighted by Crippen LogP contribution is -2.25. The van der Waals surface area contributed by atoms with E-state index in [1.807, 2.05) is 24.7 Å². The Balaban J connectivity index is 1.99. The van der Waals surface area contributed by atoms with E-state index in [9.17, 15) is 0 Å². The molecule has 0 saturated carbocycles. The molecule has 1 aliphatic rings. The molecule has 104 valence electrons. The van der Waals surface area contributed by atoms with Crippen molar-refractivity contribution < 1.29 is 0 Å². The summed E-state index contributed by atoms with van der Waals surface area (Å²) in [5.41, 5.74) is 9.62. The first kappa shape index (κ1) is 13.1. The van der Waals surface area contributed by atoms with Gasteiger partial charge in [-0.15, -0.1) is 0 Å². The van der Waals surface area contributed by atoms with E-state index in [-0.39, 0.29) is 0 Å². The lowest BCUT2D eigenvalue weighted by Gasteiger charge is -2.28. The van der Waals surface area contributed by atoms with Crippen molar-refractivity contribution in [3.63, 3.8) is 0 Å². The average molecular weight is 268 g/mol. The zero-order valence-electron chi connectivity index (χ0n) is 11.8. The summed E-state index contributed by atoms with van der Waals surface area (Å²) >= 11 is 0. The Morgan fingerprint density at radius 2 is 2.05 bits per heavy atom. The number of aromatic nitrogens is 2. The standard InChI is InChI=1S/C16H20N4/c1-12-4-9-19-16(14(12)11-17)20-10-2-3-15(20)13-5-7-18-8-6-13/h4-9,15H,2-3,10-11,17H2,1H3. The molecule has 3 rings (SSSR count). The summed E-state index contributed by atoms with van der Waals surface area (Å²) in [4.78, 5) is 11.1. The number of pyridine rings is 2. The maximum atomic E-state index is 5.93. The number of nitrogens with two attached hydrogens (primary N) is 1. The molecule has 2 aromatic rings. The van der Waals surface area contributed by atoms with Gasteiger partial charge in [-0.05, 0) is 49.1 Å². The van der Waals surface area contributed by atoms with Gasteiger partial charge in [0.15, 0.2) is 0 Å². The molecule has 0 aliphatic carbocycles. The number of anilines is 1. The minimum atomic E-state index is 0.387. The fourth-order valence-electron chi connectivity index (χ4n) is 3.03. The van der Waals surface area contributed by atoms with Gasteiger partial charge < -0.3 is 10.6 Å². The zero-order chi connectivity index (χ0) is 13.9. The number of aryl methyl sites for hydroxylation is 1. The summed E-state index contributed by atoms with van der Waals surface area (Å²) < 4.78 is 0. The van der Waals surface area contributed by atoms with Gasteiger partial charge in [0.25, 0.3) is 0 Å². The lowest BCUT2D eigenvalue weighted by atomic mass is 10.0. The van der Waals surface area contributed by atoms with Crippen LogP contribution < -0.4 is 10.6 Å². The fourth-order valence-corrected chi connectivity index (χ4v) is 3.03. The fraction of sp³-hybridized carbons (Fsp3) is 0.375. The first-order chi connectivity index (χ1) is 9.81. The Morgan fingerprint density at radius 3 is 2.80 bits per heavy atom. The van der Waals surface area contributed by atoms with Gasteiger partial charge in [-0.25, -0.2) is 4.98 Å². The molecule has 4 nitrogen and oxygen atoms in total. The van der Waals surface area contributed by atoms with Crippen LogP contribution in [0.25, 0.3) is 0 Å². The second-order valence-electron chi connectivity index (χ2n) is 5.27. The minimum Gasteiger partial charge on any atom is -0.349 e. The van der Waals surface area contributed by atoms with E-state index in [1.54, 1.807) is 0 Å². The van der Waals surface area contributed by atoms with Crippen LogP contribution >= 0.6 is 0 Å². The van der Waals surface area contributed by atoms with E-state index < -0.39 is 0 Å². The van der Waals surface area contributed by atoms with Crippen LogP contribution in [0.5, 0.6) is 0 Å². The van der Waals surface area contributed by atoms with Gasteiger partial charge in [-0.1, -0.05) is 0 Å². The smallest absolute Gasteiger partial charge is 0.133 e. The highest BCUT2D eigenvalue weighted by molar-refractivity contribution is 5.53. The van der Waals surface area contributed by atoms with Crippen molar-refractivity contribution in [2.75, 3.05) is 11.4 Å². The van der Waals surface area contributed by atoms with Crippen molar-refractivity contribution in [1.29, 1.82) is 0 Å². The Labute approximate surface area is 119 Å². The lowest BCUT2D eigenvalue weighted by molar-refractivity contribution is 0.705. The second kappa shape index (κ2) is 5.59. The van der Waals surface area contributed by atoms with E-state index in [1.165, 1.54) is 17.5 Å². The van der Waals surface area contributed by atoms with Gasteiger partial charge in [0.2, 0.25) is 0 Å². The highest BCUT2D eigenvalue weighted by atomic mass is 15.2. The molecule has 1 fully saturated rings. The summed E-state index contributed by atoms with van der Waals surface area (Å²) in [5, 5.41) is 0. The van der Waals surface area contributed by atoms with Gasteiger partial charge in [-0.2, -0.15) is 0 Å². The Hall–Kier alpha value is -1.94. The van der Waals surface area contributed by atoms with Crippen molar-refractivity contribution in [3.8, 4) is 0 Å². The SMILES string of the molecule is Cc1ccnc(N2CCCC2c2ccncc2)c1CN. The number of rotatable bonds is 3. The number of hydrogen-bond donors (Lipinski definition) is 1. The topological polar surface area (TPSA) is 55.0 Å². The van der Waals surface area contributed by atoms with E-state index in [0.29, 0.717) is 12.6 Å². The van der Waals surface area contributed by atoms with E-state index >= 15 is 0 Å².